The first-order chi connectivity index (χ1) is 9.56. The Morgan fingerprint density at radius 2 is 2.10 bits per heavy atom. The molecule has 0 aliphatic heterocycles. The third kappa shape index (κ3) is 2.88. The van der Waals surface area contributed by atoms with E-state index >= 15 is 0 Å². The number of esters is 1. The van der Waals surface area contributed by atoms with E-state index in [2.05, 4.69) is 12.2 Å². The van der Waals surface area contributed by atoms with Gasteiger partial charge in [0.2, 0.25) is 0 Å². The van der Waals surface area contributed by atoms with Crippen LogP contribution in [0.4, 0.5) is 10.7 Å². The van der Waals surface area contributed by atoms with E-state index in [0.29, 0.717) is 21.5 Å². The molecule has 1 saturated carbocycles. The highest BCUT2D eigenvalue weighted by Gasteiger charge is 2.26. The van der Waals surface area contributed by atoms with Crippen LogP contribution in [0.25, 0.3) is 0 Å². The molecule has 3 N–H and O–H groups in total. The Bertz CT molecular complexity index is 539. The molecule has 0 amide bonds. The molecule has 0 atom stereocenters. The van der Waals surface area contributed by atoms with Crippen LogP contribution in [0.1, 0.15) is 47.8 Å². The number of rotatable bonds is 3. The summed E-state index contributed by atoms with van der Waals surface area (Å²) in [6, 6.07) is 2.36. The van der Waals surface area contributed by atoms with Crippen LogP contribution < -0.4 is 11.1 Å². The van der Waals surface area contributed by atoms with Crippen molar-refractivity contribution >= 4 is 28.0 Å². The summed E-state index contributed by atoms with van der Waals surface area (Å²) in [5, 5.41) is 13.1. The molecule has 5 nitrogen and oxygen atoms in total. The molecular weight excluding hydrogens is 274 g/mol. The number of carbonyl (C=O) groups is 1. The second-order valence-corrected chi connectivity index (χ2v) is 6.27. The first kappa shape index (κ1) is 14.7. The van der Waals surface area contributed by atoms with Gasteiger partial charge in [-0.2, -0.15) is 5.26 Å². The minimum atomic E-state index is -0.494. The number of carbonyl (C=O) groups excluding carboxylic acids is 1. The summed E-state index contributed by atoms with van der Waals surface area (Å²) < 4.78 is 4.76. The molecule has 0 radical (unpaired) electrons. The van der Waals surface area contributed by atoms with E-state index in [4.69, 9.17) is 15.7 Å². The Labute approximate surface area is 122 Å². The molecule has 2 rings (SSSR count). The fourth-order valence-corrected chi connectivity index (χ4v) is 3.51. The highest BCUT2D eigenvalue weighted by atomic mass is 32.1. The first-order valence-corrected chi connectivity index (χ1v) is 7.55. The van der Waals surface area contributed by atoms with Gasteiger partial charge in [-0.25, -0.2) is 4.79 Å². The van der Waals surface area contributed by atoms with Crippen LogP contribution in [0.3, 0.4) is 0 Å². The summed E-state index contributed by atoms with van der Waals surface area (Å²) in [6.45, 7) is 2.26. The number of methoxy groups -OCH3 is 1. The van der Waals surface area contributed by atoms with Crippen molar-refractivity contribution in [3.63, 3.8) is 0 Å². The average molecular weight is 293 g/mol. The standard InChI is InChI=1S/C14H19N3O2S/c1-8-3-5-9(6-4-8)17-13-11(14(18)19-2)12(16)10(7-15)20-13/h8-9,17H,3-6,16H2,1-2H3. The smallest absolute Gasteiger partial charge is 0.343 e. The minimum absolute atomic E-state index is 0.219. The monoisotopic (exact) mass is 293 g/mol. The number of nitrogens with zero attached hydrogens (tertiary/aromatic N) is 1. The van der Waals surface area contributed by atoms with Crippen molar-refractivity contribution in [2.45, 2.75) is 38.6 Å². The number of thiophene rings is 1. The van der Waals surface area contributed by atoms with Gasteiger partial charge in [0, 0.05) is 6.04 Å². The van der Waals surface area contributed by atoms with Gasteiger partial charge >= 0.3 is 5.97 Å². The van der Waals surface area contributed by atoms with E-state index in [9.17, 15) is 4.79 Å². The summed E-state index contributed by atoms with van der Waals surface area (Å²) in [4.78, 5) is 12.2. The fraction of sp³-hybridized carbons (Fsp3) is 0.571. The maximum Gasteiger partial charge on any atom is 0.343 e. The molecule has 1 heterocycles. The maximum atomic E-state index is 11.8. The summed E-state index contributed by atoms with van der Waals surface area (Å²) in [5.41, 5.74) is 6.38. The zero-order chi connectivity index (χ0) is 14.7. The molecule has 1 aliphatic rings. The van der Waals surface area contributed by atoms with Crippen LogP contribution in [0.15, 0.2) is 0 Å². The zero-order valence-electron chi connectivity index (χ0n) is 11.7. The van der Waals surface area contributed by atoms with Crippen molar-refractivity contribution in [1.29, 1.82) is 5.26 Å². The summed E-state index contributed by atoms with van der Waals surface area (Å²) in [7, 11) is 1.32. The maximum absolute atomic E-state index is 11.8. The number of ether oxygens (including phenoxy) is 1. The van der Waals surface area contributed by atoms with Gasteiger partial charge in [0.25, 0.3) is 0 Å². The Morgan fingerprint density at radius 1 is 1.45 bits per heavy atom. The van der Waals surface area contributed by atoms with Crippen molar-refractivity contribution in [2.24, 2.45) is 5.92 Å². The molecule has 108 valence electrons. The van der Waals surface area contributed by atoms with Gasteiger partial charge in [-0.05, 0) is 31.6 Å². The lowest BCUT2D eigenvalue weighted by Gasteiger charge is -2.27. The lowest BCUT2D eigenvalue weighted by atomic mass is 9.87. The summed E-state index contributed by atoms with van der Waals surface area (Å²) in [6.07, 6.45) is 4.50. The van der Waals surface area contributed by atoms with Crippen LogP contribution in [0.5, 0.6) is 0 Å². The van der Waals surface area contributed by atoms with Crippen LogP contribution in [-0.4, -0.2) is 19.1 Å². The number of nitrogen functional groups attached to an aromatic ring is 1. The van der Waals surface area contributed by atoms with Crippen molar-refractivity contribution in [3.8, 4) is 6.07 Å². The van der Waals surface area contributed by atoms with Gasteiger partial charge in [-0.1, -0.05) is 6.92 Å². The van der Waals surface area contributed by atoms with E-state index in [1.807, 2.05) is 6.07 Å². The number of anilines is 2. The van der Waals surface area contributed by atoms with Crippen molar-refractivity contribution in [1.82, 2.24) is 0 Å². The zero-order valence-corrected chi connectivity index (χ0v) is 12.5. The van der Waals surface area contributed by atoms with Gasteiger partial charge in [0.15, 0.2) is 0 Å². The van der Waals surface area contributed by atoms with Gasteiger partial charge in [0.05, 0.1) is 12.8 Å². The first-order valence-electron chi connectivity index (χ1n) is 6.74. The average Bonchev–Trinajstić information content (AvgIpc) is 2.76. The predicted molar refractivity (Wildman–Crippen MR) is 79.8 cm³/mol. The van der Waals surface area contributed by atoms with Gasteiger partial charge in [0.1, 0.15) is 21.5 Å². The quantitative estimate of drug-likeness (QED) is 0.836. The molecule has 0 saturated heterocycles. The van der Waals surface area contributed by atoms with Crippen LogP contribution in [-0.2, 0) is 4.74 Å². The van der Waals surface area contributed by atoms with Crippen LogP contribution in [0.2, 0.25) is 0 Å². The highest BCUT2D eigenvalue weighted by Crippen LogP contribution is 2.37. The summed E-state index contributed by atoms with van der Waals surface area (Å²) >= 11 is 1.23. The molecular formula is C14H19N3O2S. The second kappa shape index (κ2) is 6.14. The largest absolute Gasteiger partial charge is 0.465 e. The Hall–Kier alpha value is -1.74. The van der Waals surface area contributed by atoms with E-state index in [1.54, 1.807) is 0 Å². The van der Waals surface area contributed by atoms with E-state index < -0.39 is 5.97 Å². The van der Waals surface area contributed by atoms with Gasteiger partial charge < -0.3 is 15.8 Å². The van der Waals surface area contributed by atoms with E-state index in [-0.39, 0.29) is 5.69 Å². The minimum Gasteiger partial charge on any atom is -0.465 e. The third-order valence-corrected chi connectivity index (χ3v) is 4.83. The lowest BCUT2D eigenvalue weighted by molar-refractivity contribution is 0.0603. The Kier molecular flexibility index (Phi) is 4.50. The number of hydrogen-bond donors (Lipinski definition) is 2. The number of nitrogens with two attached hydrogens (primary N) is 1. The predicted octanol–water partition coefficient (Wildman–Crippen LogP) is 2.98. The van der Waals surface area contributed by atoms with Gasteiger partial charge in [-0.15, -0.1) is 11.3 Å². The van der Waals surface area contributed by atoms with Crippen molar-refractivity contribution < 1.29 is 9.53 Å². The normalized spacial score (nSPS) is 22.1. The van der Waals surface area contributed by atoms with Crippen LogP contribution in [0, 0.1) is 17.2 Å². The van der Waals surface area contributed by atoms with E-state index in [0.717, 1.165) is 18.8 Å². The molecule has 1 aliphatic carbocycles. The molecule has 0 aromatic carbocycles. The number of nitrogens with one attached hydrogen (secondary N) is 1. The molecule has 6 heteroatoms. The van der Waals surface area contributed by atoms with Gasteiger partial charge in [-0.3, -0.25) is 0 Å². The Morgan fingerprint density at radius 3 is 2.65 bits per heavy atom. The molecule has 1 aromatic heterocycles. The fourth-order valence-electron chi connectivity index (χ4n) is 2.52. The van der Waals surface area contributed by atoms with Crippen molar-refractivity contribution in [2.75, 3.05) is 18.2 Å². The summed E-state index contributed by atoms with van der Waals surface area (Å²) in [5.74, 6) is 0.267. The number of hydrogen-bond acceptors (Lipinski definition) is 6. The topological polar surface area (TPSA) is 88.1 Å². The molecule has 0 spiro atoms. The third-order valence-electron chi connectivity index (χ3n) is 3.79. The molecule has 20 heavy (non-hydrogen) atoms. The molecule has 1 fully saturated rings. The molecule has 0 bridgehead atoms. The van der Waals surface area contributed by atoms with Crippen LogP contribution >= 0.6 is 11.3 Å². The Balaban J connectivity index is 2.22. The molecule has 1 aromatic rings. The number of nitriles is 1. The SMILES string of the molecule is COC(=O)c1c(NC2CCC(C)CC2)sc(C#N)c1N. The highest BCUT2D eigenvalue weighted by molar-refractivity contribution is 7.17. The lowest BCUT2D eigenvalue weighted by Crippen LogP contribution is -2.25. The van der Waals surface area contributed by atoms with E-state index in [1.165, 1.54) is 31.3 Å². The van der Waals surface area contributed by atoms with Crippen molar-refractivity contribution in [3.05, 3.63) is 10.4 Å². The molecule has 0 unspecified atom stereocenters. The second-order valence-electron chi connectivity index (χ2n) is 5.25.